The normalized spacial score (nSPS) is 12.0. The standard InChI is InChI=1S/C17H17NO3S/c1-12-6-8-15(9-7-12)22(20,21)18-13(2)10-16-14(11-19)4-3-5-17(16)18/h3-10,19H,11H2,1-2H3. The molecule has 0 amide bonds. The van der Waals surface area contributed by atoms with Crippen LogP contribution in [0.15, 0.2) is 53.4 Å². The van der Waals surface area contributed by atoms with Crippen LogP contribution in [0, 0.1) is 13.8 Å². The van der Waals surface area contributed by atoms with Gasteiger partial charge in [-0.25, -0.2) is 12.4 Å². The van der Waals surface area contributed by atoms with Gasteiger partial charge in [-0.2, -0.15) is 0 Å². The fourth-order valence-electron chi connectivity index (χ4n) is 2.67. The van der Waals surface area contributed by atoms with Gasteiger partial charge in [0.1, 0.15) is 0 Å². The average Bonchev–Trinajstić information content (AvgIpc) is 2.84. The Morgan fingerprint density at radius 1 is 1.05 bits per heavy atom. The van der Waals surface area contributed by atoms with Crippen molar-refractivity contribution in [1.29, 1.82) is 0 Å². The van der Waals surface area contributed by atoms with Gasteiger partial charge < -0.3 is 5.11 Å². The van der Waals surface area contributed by atoms with Crippen molar-refractivity contribution < 1.29 is 13.5 Å². The molecular formula is C17H17NO3S. The van der Waals surface area contributed by atoms with Crippen molar-refractivity contribution >= 4 is 20.9 Å². The average molecular weight is 315 g/mol. The molecule has 2 aromatic carbocycles. The molecule has 0 aliphatic rings. The zero-order valence-electron chi connectivity index (χ0n) is 12.4. The monoisotopic (exact) mass is 315 g/mol. The minimum absolute atomic E-state index is 0.120. The minimum atomic E-state index is -3.66. The summed E-state index contributed by atoms with van der Waals surface area (Å²) in [6, 6.07) is 13.9. The first-order chi connectivity index (χ1) is 10.4. The first-order valence-electron chi connectivity index (χ1n) is 6.98. The Morgan fingerprint density at radius 2 is 1.73 bits per heavy atom. The van der Waals surface area contributed by atoms with Crippen molar-refractivity contribution in [2.75, 3.05) is 0 Å². The predicted molar refractivity (Wildman–Crippen MR) is 86.4 cm³/mol. The van der Waals surface area contributed by atoms with Crippen LogP contribution in [0.1, 0.15) is 16.8 Å². The van der Waals surface area contributed by atoms with E-state index in [9.17, 15) is 13.5 Å². The smallest absolute Gasteiger partial charge is 0.268 e. The van der Waals surface area contributed by atoms with Gasteiger partial charge in [-0.05, 0) is 43.7 Å². The second-order valence-electron chi connectivity index (χ2n) is 5.38. The van der Waals surface area contributed by atoms with Gasteiger partial charge in [0.05, 0.1) is 17.0 Å². The maximum Gasteiger partial charge on any atom is 0.268 e. The molecule has 0 saturated heterocycles. The highest BCUT2D eigenvalue weighted by molar-refractivity contribution is 7.90. The van der Waals surface area contributed by atoms with Crippen molar-refractivity contribution in [2.45, 2.75) is 25.3 Å². The van der Waals surface area contributed by atoms with Crippen LogP contribution in [0.4, 0.5) is 0 Å². The molecule has 0 unspecified atom stereocenters. The molecule has 0 radical (unpaired) electrons. The molecule has 0 atom stereocenters. The molecule has 0 bridgehead atoms. The lowest BCUT2D eigenvalue weighted by Gasteiger charge is -2.10. The summed E-state index contributed by atoms with van der Waals surface area (Å²) >= 11 is 0. The van der Waals surface area contributed by atoms with E-state index >= 15 is 0 Å². The molecule has 3 aromatic rings. The Labute approximate surface area is 129 Å². The van der Waals surface area contributed by atoms with Crippen LogP contribution in [-0.4, -0.2) is 17.5 Å². The van der Waals surface area contributed by atoms with Crippen molar-refractivity contribution in [3.63, 3.8) is 0 Å². The summed E-state index contributed by atoms with van der Waals surface area (Å²) in [4.78, 5) is 0.258. The zero-order chi connectivity index (χ0) is 15.9. The molecular weight excluding hydrogens is 298 g/mol. The number of hydrogen-bond acceptors (Lipinski definition) is 3. The van der Waals surface area contributed by atoms with E-state index in [1.165, 1.54) is 3.97 Å². The number of aromatic nitrogens is 1. The highest BCUT2D eigenvalue weighted by Gasteiger charge is 2.22. The third kappa shape index (κ3) is 2.23. The summed E-state index contributed by atoms with van der Waals surface area (Å²) in [5.74, 6) is 0. The van der Waals surface area contributed by atoms with Crippen molar-refractivity contribution in [3.8, 4) is 0 Å². The Morgan fingerprint density at radius 3 is 2.36 bits per heavy atom. The van der Waals surface area contributed by atoms with E-state index in [-0.39, 0.29) is 11.5 Å². The lowest BCUT2D eigenvalue weighted by Crippen LogP contribution is -2.14. The fraction of sp³-hybridized carbons (Fsp3) is 0.176. The number of rotatable bonds is 3. The molecule has 0 spiro atoms. The number of hydrogen-bond donors (Lipinski definition) is 1. The summed E-state index contributed by atoms with van der Waals surface area (Å²) in [5, 5.41) is 10.2. The first-order valence-corrected chi connectivity index (χ1v) is 8.42. The van der Waals surface area contributed by atoms with Gasteiger partial charge in [0.2, 0.25) is 0 Å². The molecule has 1 aromatic heterocycles. The Hall–Kier alpha value is -2.11. The van der Waals surface area contributed by atoms with Gasteiger partial charge in [-0.15, -0.1) is 0 Å². The third-order valence-corrected chi connectivity index (χ3v) is 5.63. The summed E-state index contributed by atoms with van der Waals surface area (Å²) in [5.41, 5.74) is 2.94. The highest BCUT2D eigenvalue weighted by Crippen LogP contribution is 2.27. The van der Waals surface area contributed by atoms with Crippen molar-refractivity contribution in [2.24, 2.45) is 0 Å². The second kappa shape index (κ2) is 5.26. The van der Waals surface area contributed by atoms with Crippen LogP contribution in [0.25, 0.3) is 10.9 Å². The third-order valence-electron chi connectivity index (χ3n) is 3.80. The molecule has 5 heteroatoms. The molecule has 0 aliphatic carbocycles. The molecule has 114 valence electrons. The van der Waals surface area contributed by atoms with Gasteiger partial charge in [0.25, 0.3) is 10.0 Å². The highest BCUT2D eigenvalue weighted by atomic mass is 32.2. The van der Waals surface area contributed by atoms with Crippen molar-refractivity contribution in [1.82, 2.24) is 3.97 Å². The van der Waals surface area contributed by atoms with E-state index in [1.54, 1.807) is 55.5 Å². The number of nitrogens with zero attached hydrogens (tertiary/aromatic N) is 1. The lowest BCUT2D eigenvalue weighted by atomic mass is 10.1. The number of benzene rings is 2. The summed E-state index contributed by atoms with van der Waals surface area (Å²) < 4.78 is 27.2. The number of aliphatic hydroxyl groups excluding tert-OH is 1. The molecule has 22 heavy (non-hydrogen) atoms. The maximum atomic E-state index is 12.9. The van der Waals surface area contributed by atoms with Crippen LogP contribution in [-0.2, 0) is 16.6 Å². The van der Waals surface area contributed by atoms with Gasteiger partial charge >= 0.3 is 0 Å². The lowest BCUT2D eigenvalue weighted by molar-refractivity contribution is 0.283. The number of aryl methyl sites for hydroxylation is 2. The molecule has 1 N–H and O–H groups in total. The Kier molecular flexibility index (Phi) is 3.54. The summed E-state index contributed by atoms with van der Waals surface area (Å²) in [6.07, 6.45) is 0. The predicted octanol–water partition coefficient (Wildman–Crippen LogP) is 2.99. The van der Waals surface area contributed by atoms with Gasteiger partial charge in [0.15, 0.2) is 0 Å². The van der Waals surface area contributed by atoms with Gasteiger partial charge in [0, 0.05) is 11.1 Å². The topological polar surface area (TPSA) is 59.3 Å². The van der Waals surface area contributed by atoms with Crippen LogP contribution in [0.3, 0.4) is 0 Å². The first kappa shape index (κ1) is 14.8. The van der Waals surface area contributed by atoms with Crippen LogP contribution in [0.2, 0.25) is 0 Å². The van der Waals surface area contributed by atoms with E-state index in [4.69, 9.17) is 0 Å². The Bertz CT molecular complexity index is 938. The van der Waals surface area contributed by atoms with Gasteiger partial charge in [-0.1, -0.05) is 29.8 Å². The molecule has 0 saturated carbocycles. The molecule has 3 rings (SSSR count). The SMILES string of the molecule is Cc1ccc(S(=O)(=O)n2c(C)cc3c(CO)cccc32)cc1. The van der Waals surface area contributed by atoms with E-state index in [2.05, 4.69) is 0 Å². The fourth-order valence-corrected chi connectivity index (χ4v) is 4.21. The van der Waals surface area contributed by atoms with Crippen LogP contribution < -0.4 is 0 Å². The van der Waals surface area contributed by atoms with E-state index < -0.39 is 10.0 Å². The van der Waals surface area contributed by atoms with E-state index in [1.807, 2.05) is 6.92 Å². The minimum Gasteiger partial charge on any atom is -0.392 e. The number of fused-ring (bicyclic) bond motifs is 1. The van der Waals surface area contributed by atoms with Crippen LogP contribution >= 0.6 is 0 Å². The number of aliphatic hydroxyl groups is 1. The van der Waals surface area contributed by atoms with Crippen molar-refractivity contribution in [3.05, 3.63) is 65.4 Å². The van der Waals surface area contributed by atoms with E-state index in [0.29, 0.717) is 11.2 Å². The summed E-state index contributed by atoms with van der Waals surface area (Å²) in [6.45, 7) is 3.55. The van der Waals surface area contributed by atoms with E-state index in [0.717, 1.165) is 16.5 Å². The molecule has 4 nitrogen and oxygen atoms in total. The summed E-state index contributed by atoms with van der Waals surface area (Å²) in [7, 11) is -3.66. The molecule has 0 fully saturated rings. The maximum absolute atomic E-state index is 12.9. The zero-order valence-corrected chi connectivity index (χ0v) is 13.3. The Balaban J connectivity index is 2.30. The molecule has 1 heterocycles. The molecule has 0 aliphatic heterocycles. The largest absolute Gasteiger partial charge is 0.392 e. The second-order valence-corrected chi connectivity index (χ2v) is 7.16. The quantitative estimate of drug-likeness (QED) is 0.808. The van der Waals surface area contributed by atoms with Gasteiger partial charge in [-0.3, -0.25) is 0 Å². The van der Waals surface area contributed by atoms with Crippen LogP contribution in [0.5, 0.6) is 0 Å².